The van der Waals surface area contributed by atoms with E-state index >= 15 is 0 Å². The lowest BCUT2D eigenvalue weighted by Gasteiger charge is -2.14. The minimum atomic E-state index is 0.615. The smallest absolute Gasteiger partial charge is 0.160 e. The Labute approximate surface area is 308 Å². The summed E-state index contributed by atoms with van der Waals surface area (Å²) in [4.78, 5) is 10.5. The minimum absolute atomic E-state index is 0.615. The van der Waals surface area contributed by atoms with Crippen LogP contribution in [0.2, 0.25) is 0 Å². The fourth-order valence-corrected chi connectivity index (χ4v) is 9.69. The normalized spacial score (nSPS) is 11.4. The van der Waals surface area contributed by atoms with Crippen molar-refractivity contribution >= 4 is 63.0 Å². The summed E-state index contributed by atoms with van der Waals surface area (Å²) in [6.45, 7) is 0. The Morgan fingerprint density at radius 3 is 1.44 bits per heavy atom. The van der Waals surface area contributed by atoms with E-state index in [1.807, 2.05) is 71.2 Å². The van der Waals surface area contributed by atoms with Crippen molar-refractivity contribution in [3.63, 3.8) is 0 Å². The molecule has 0 radical (unpaired) electrons. The van der Waals surface area contributed by atoms with Crippen molar-refractivity contribution < 1.29 is 0 Å². The second-order valence-corrected chi connectivity index (χ2v) is 15.0. The van der Waals surface area contributed by atoms with Crippen LogP contribution in [-0.4, -0.2) is 9.97 Å². The number of fused-ring (bicyclic) bond motifs is 6. The first-order valence-electron chi connectivity index (χ1n) is 17.1. The molecule has 10 aromatic rings. The molecule has 0 spiro atoms. The summed E-state index contributed by atoms with van der Waals surface area (Å²) in [5, 5.41) is 14.6. The molecule has 3 aromatic heterocycles. The van der Waals surface area contributed by atoms with Crippen LogP contribution in [0.25, 0.3) is 96.5 Å². The maximum absolute atomic E-state index is 9.46. The van der Waals surface area contributed by atoms with Gasteiger partial charge in [0.05, 0.1) is 23.0 Å². The molecule has 0 fully saturated rings. The summed E-state index contributed by atoms with van der Waals surface area (Å²) in [5.74, 6) is 0.649. The van der Waals surface area contributed by atoms with Gasteiger partial charge in [-0.05, 0) is 70.8 Å². The van der Waals surface area contributed by atoms with Crippen molar-refractivity contribution in [3.8, 4) is 62.2 Å². The van der Waals surface area contributed by atoms with Gasteiger partial charge in [0.2, 0.25) is 0 Å². The van der Waals surface area contributed by atoms with Crippen LogP contribution < -0.4 is 0 Å². The predicted molar refractivity (Wildman–Crippen MR) is 220 cm³/mol. The minimum Gasteiger partial charge on any atom is -0.228 e. The first-order valence-corrected chi connectivity index (χ1v) is 18.8. The molecule has 0 N–H and O–H groups in total. The van der Waals surface area contributed by atoms with Gasteiger partial charge in [-0.1, -0.05) is 115 Å². The van der Waals surface area contributed by atoms with Crippen molar-refractivity contribution in [2.75, 3.05) is 0 Å². The molecule has 0 amide bonds. The van der Waals surface area contributed by atoms with E-state index in [2.05, 4.69) is 121 Å². The molecule has 5 heteroatoms. The summed E-state index contributed by atoms with van der Waals surface area (Å²) < 4.78 is 5.10. The topological polar surface area (TPSA) is 49.6 Å². The average Bonchev–Trinajstić information content (AvgIpc) is 3.80. The number of thiophene rings is 2. The lowest BCUT2D eigenvalue weighted by molar-refractivity contribution is 1.18. The maximum atomic E-state index is 9.46. The number of hydrogen-bond acceptors (Lipinski definition) is 5. The zero-order valence-corrected chi connectivity index (χ0v) is 29.4. The van der Waals surface area contributed by atoms with Gasteiger partial charge in [0, 0.05) is 57.0 Å². The molecular weight excluding hydrogens is 671 g/mol. The second-order valence-electron chi connectivity index (χ2n) is 12.9. The van der Waals surface area contributed by atoms with Gasteiger partial charge in [-0.25, -0.2) is 9.97 Å². The summed E-state index contributed by atoms with van der Waals surface area (Å²) in [7, 11) is 0. The van der Waals surface area contributed by atoms with Crippen molar-refractivity contribution in [1.82, 2.24) is 9.97 Å². The molecule has 0 saturated heterocycles. The number of rotatable bonds is 5. The third-order valence-electron chi connectivity index (χ3n) is 9.73. The van der Waals surface area contributed by atoms with Gasteiger partial charge in [0.15, 0.2) is 5.82 Å². The standard InChI is InChI=1S/C47H27N3S2/c48-28-29-20-22-31(23-21-29)42-27-41(30-10-2-1-3-11-30)49-47(50-42)34-25-32(35-14-8-16-39-37-12-4-6-18-43(37)51-45(35)39)24-33(26-34)36-15-9-17-40-38-13-5-7-19-44(38)52-46(36)40/h1-27H. The van der Waals surface area contributed by atoms with Gasteiger partial charge in [-0.15, -0.1) is 22.7 Å². The highest BCUT2D eigenvalue weighted by atomic mass is 32.1. The molecule has 0 atom stereocenters. The van der Waals surface area contributed by atoms with Crippen LogP contribution in [0.5, 0.6) is 0 Å². The molecule has 3 heterocycles. The Bertz CT molecular complexity index is 2890. The Kier molecular flexibility index (Phi) is 7.24. The highest BCUT2D eigenvalue weighted by Gasteiger charge is 2.18. The first-order chi connectivity index (χ1) is 25.7. The molecule has 7 aromatic carbocycles. The molecule has 0 unspecified atom stereocenters. The molecule has 10 rings (SSSR count). The fraction of sp³-hybridized carbons (Fsp3) is 0. The molecule has 3 nitrogen and oxygen atoms in total. The Hall–Kier alpha value is -6.45. The van der Waals surface area contributed by atoms with Gasteiger partial charge >= 0.3 is 0 Å². The van der Waals surface area contributed by atoms with E-state index in [4.69, 9.17) is 9.97 Å². The van der Waals surface area contributed by atoms with E-state index in [9.17, 15) is 5.26 Å². The van der Waals surface area contributed by atoms with Gasteiger partial charge < -0.3 is 0 Å². The fourth-order valence-electron chi connectivity index (χ4n) is 7.21. The van der Waals surface area contributed by atoms with Crippen LogP contribution in [0.1, 0.15) is 5.56 Å². The highest BCUT2D eigenvalue weighted by molar-refractivity contribution is 7.26. The zero-order valence-electron chi connectivity index (χ0n) is 27.7. The number of nitrogens with zero attached hydrogens (tertiary/aromatic N) is 3. The van der Waals surface area contributed by atoms with Crippen molar-refractivity contribution in [1.29, 1.82) is 5.26 Å². The number of hydrogen-bond donors (Lipinski definition) is 0. The van der Waals surface area contributed by atoms with E-state index < -0.39 is 0 Å². The number of aromatic nitrogens is 2. The molecule has 0 aliphatic carbocycles. The molecule has 0 aliphatic heterocycles. The lowest BCUT2D eigenvalue weighted by atomic mass is 9.94. The summed E-state index contributed by atoms with van der Waals surface area (Å²) in [6, 6.07) is 59.6. The van der Waals surface area contributed by atoms with E-state index in [-0.39, 0.29) is 0 Å². The monoisotopic (exact) mass is 697 g/mol. The van der Waals surface area contributed by atoms with Crippen LogP contribution >= 0.6 is 22.7 Å². The average molecular weight is 698 g/mol. The van der Waals surface area contributed by atoms with Crippen LogP contribution in [0.4, 0.5) is 0 Å². The molecule has 242 valence electrons. The number of benzene rings is 7. The summed E-state index contributed by atoms with van der Waals surface area (Å²) in [6.07, 6.45) is 0. The van der Waals surface area contributed by atoms with E-state index in [1.54, 1.807) is 0 Å². The van der Waals surface area contributed by atoms with Gasteiger partial charge in [0.25, 0.3) is 0 Å². The Morgan fingerprint density at radius 2 is 0.885 bits per heavy atom. The molecule has 0 bridgehead atoms. The summed E-state index contributed by atoms with van der Waals surface area (Å²) >= 11 is 3.68. The van der Waals surface area contributed by atoms with Gasteiger partial charge in [0.1, 0.15) is 0 Å². The quantitative estimate of drug-likeness (QED) is 0.180. The van der Waals surface area contributed by atoms with Crippen LogP contribution in [0.3, 0.4) is 0 Å². The van der Waals surface area contributed by atoms with Crippen LogP contribution in [0, 0.1) is 11.3 Å². The van der Waals surface area contributed by atoms with Gasteiger partial charge in [-0.2, -0.15) is 5.26 Å². The van der Waals surface area contributed by atoms with E-state index in [0.29, 0.717) is 11.4 Å². The largest absolute Gasteiger partial charge is 0.228 e. The Morgan fingerprint density at radius 1 is 0.404 bits per heavy atom. The summed E-state index contributed by atoms with van der Waals surface area (Å²) in [5.41, 5.74) is 9.78. The van der Waals surface area contributed by atoms with Crippen LogP contribution in [0.15, 0.2) is 164 Å². The first kappa shape index (κ1) is 30.4. The third-order valence-corrected chi connectivity index (χ3v) is 12.2. The maximum Gasteiger partial charge on any atom is 0.160 e. The number of nitriles is 1. The van der Waals surface area contributed by atoms with Crippen molar-refractivity contribution in [2.24, 2.45) is 0 Å². The molecule has 0 aliphatic rings. The highest BCUT2D eigenvalue weighted by Crippen LogP contribution is 2.44. The van der Waals surface area contributed by atoms with Crippen molar-refractivity contribution in [3.05, 3.63) is 169 Å². The predicted octanol–water partition coefficient (Wildman–Crippen LogP) is 13.4. The zero-order chi connectivity index (χ0) is 34.6. The molecule has 52 heavy (non-hydrogen) atoms. The third kappa shape index (κ3) is 5.17. The Balaban J connectivity index is 1.25. The second kappa shape index (κ2) is 12.4. The van der Waals surface area contributed by atoms with E-state index in [0.717, 1.165) is 39.2 Å². The van der Waals surface area contributed by atoms with Gasteiger partial charge in [-0.3, -0.25) is 0 Å². The van der Waals surface area contributed by atoms with Crippen LogP contribution in [-0.2, 0) is 0 Å². The SMILES string of the molecule is N#Cc1ccc(-c2cc(-c3ccccc3)nc(-c3cc(-c4cccc5c4sc4ccccc45)cc(-c4cccc5c4sc4ccccc45)c3)n2)cc1. The molecular formula is C47H27N3S2. The lowest BCUT2D eigenvalue weighted by Crippen LogP contribution is -1.97. The van der Waals surface area contributed by atoms with Crippen molar-refractivity contribution in [2.45, 2.75) is 0 Å². The molecule has 0 saturated carbocycles. The van der Waals surface area contributed by atoms with E-state index in [1.165, 1.54) is 51.5 Å².